The summed E-state index contributed by atoms with van der Waals surface area (Å²) in [5.74, 6) is 0.108. The number of ether oxygens (including phenoxy) is 1. The van der Waals surface area contributed by atoms with Crippen LogP contribution in [0.4, 0.5) is 0 Å². The summed E-state index contributed by atoms with van der Waals surface area (Å²) in [7, 11) is -3.07. The molecule has 0 aliphatic carbocycles. The molecule has 0 bridgehead atoms. The number of hydrogen-bond donors (Lipinski definition) is 2. The Hall–Kier alpha value is -1.60. The van der Waals surface area contributed by atoms with Crippen molar-refractivity contribution >= 4 is 15.7 Å². The quantitative estimate of drug-likeness (QED) is 0.716. The number of nitrogens with one attached hydrogen (secondary N) is 1. The maximum Gasteiger partial charge on any atom is 0.257 e. The SMILES string of the molecule is CS(=O)(=O)CCNC(=O)COc1ccccc1CN. The van der Waals surface area contributed by atoms with E-state index in [1.54, 1.807) is 12.1 Å². The summed E-state index contributed by atoms with van der Waals surface area (Å²) in [6.45, 7) is 0.242. The molecule has 0 heterocycles. The molecule has 7 heteroatoms. The van der Waals surface area contributed by atoms with Gasteiger partial charge in [-0.15, -0.1) is 0 Å². The molecule has 0 aliphatic rings. The number of sulfone groups is 1. The zero-order valence-corrected chi connectivity index (χ0v) is 11.6. The minimum atomic E-state index is -3.07. The number of para-hydroxylation sites is 1. The third-order valence-corrected chi connectivity index (χ3v) is 3.29. The van der Waals surface area contributed by atoms with E-state index in [0.29, 0.717) is 12.3 Å². The smallest absolute Gasteiger partial charge is 0.257 e. The monoisotopic (exact) mass is 286 g/mol. The van der Waals surface area contributed by atoms with E-state index in [4.69, 9.17) is 10.5 Å². The van der Waals surface area contributed by atoms with E-state index in [1.807, 2.05) is 12.1 Å². The lowest BCUT2D eigenvalue weighted by molar-refractivity contribution is -0.122. The number of carbonyl (C=O) groups is 1. The molecule has 1 aromatic rings. The molecule has 1 aromatic carbocycles. The Balaban J connectivity index is 2.38. The van der Waals surface area contributed by atoms with E-state index in [1.165, 1.54) is 0 Å². The average molecular weight is 286 g/mol. The second-order valence-corrected chi connectivity index (χ2v) is 6.34. The Kier molecular flexibility index (Phi) is 5.78. The van der Waals surface area contributed by atoms with Crippen molar-refractivity contribution in [3.05, 3.63) is 29.8 Å². The van der Waals surface area contributed by atoms with E-state index < -0.39 is 9.84 Å². The fraction of sp³-hybridized carbons (Fsp3) is 0.417. The van der Waals surface area contributed by atoms with Crippen molar-refractivity contribution in [2.24, 2.45) is 5.73 Å². The third-order valence-electron chi connectivity index (χ3n) is 2.35. The van der Waals surface area contributed by atoms with Crippen molar-refractivity contribution in [1.82, 2.24) is 5.32 Å². The predicted octanol–water partition coefficient (Wildman–Crippen LogP) is -0.315. The number of hydrogen-bond acceptors (Lipinski definition) is 5. The molecule has 19 heavy (non-hydrogen) atoms. The summed E-state index contributed by atoms with van der Waals surface area (Å²) < 4.78 is 27.1. The van der Waals surface area contributed by atoms with Crippen LogP contribution < -0.4 is 15.8 Å². The molecule has 0 unspecified atom stereocenters. The molecule has 0 saturated carbocycles. The van der Waals surface area contributed by atoms with Crippen molar-refractivity contribution < 1.29 is 17.9 Å². The van der Waals surface area contributed by atoms with Crippen LogP contribution in [0.3, 0.4) is 0 Å². The Morgan fingerprint density at radius 1 is 1.37 bits per heavy atom. The Labute approximate surface area is 112 Å². The zero-order valence-electron chi connectivity index (χ0n) is 10.8. The van der Waals surface area contributed by atoms with Gasteiger partial charge in [-0.25, -0.2) is 8.42 Å². The molecule has 106 valence electrons. The lowest BCUT2D eigenvalue weighted by Crippen LogP contribution is -2.32. The van der Waals surface area contributed by atoms with Gasteiger partial charge in [-0.1, -0.05) is 18.2 Å². The number of nitrogens with two attached hydrogens (primary N) is 1. The second kappa shape index (κ2) is 7.10. The van der Waals surface area contributed by atoms with Gasteiger partial charge in [0.15, 0.2) is 6.61 Å². The lowest BCUT2D eigenvalue weighted by Gasteiger charge is -2.10. The molecule has 0 aliphatic heterocycles. The van der Waals surface area contributed by atoms with Gasteiger partial charge in [0.2, 0.25) is 0 Å². The van der Waals surface area contributed by atoms with Crippen LogP contribution in [0.2, 0.25) is 0 Å². The topological polar surface area (TPSA) is 98.5 Å². The highest BCUT2D eigenvalue weighted by atomic mass is 32.2. The Morgan fingerprint density at radius 3 is 2.68 bits per heavy atom. The van der Waals surface area contributed by atoms with Crippen LogP contribution in [0.25, 0.3) is 0 Å². The van der Waals surface area contributed by atoms with E-state index in [9.17, 15) is 13.2 Å². The predicted molar refractivity (Wildman–Crippen MR) is 72.5 cm³/mol. The summed E-state index contributed by atoms with van der Waals surface area (Å²) >= 11 is 0. The van der Waals surface area contributed by atoms with Gasteiger partial charge in [0.1, 0.15) is 15.6 Å². The van der Waals surface area contributed by atoms with Crippen molar-refractivity contribution in [3.8, 4) is 5.75 Å². The van der Waals surface area contributed by atoms with Crippen LogP contribution in [0.1, 0.15) is 5.56 Å². The van der Waals surface area contributed by atoms with Crippen LogP contribution in [0, 0.1) is 0 Å². The van der Waals surface area contributed by atoms with Gasteiger partial charge in [-0.3, -0.25) is 4.79 Å². The zero-order chi connectivity index (χ0) is 14.3. The summed E-state index contributed by atoms with van der Waals surface area (Å²) in [4.78, 5) is 11.4. The first-order chi connectivity index (χ1) is 8.92. The highest BCUT2D eigenvalue weighted by Crippen LogP contribution is 2.16. The number of rotatable bonds is 7. The van der Waals surface area contributed by atoms with Crippen LogP contribution in [-0.2, 0) is 21.2 Å². The summed E-state index contributed by atoms with van der Waals surface area (Å²) in [6, 6.07) is 7.17. The molecule has 0 radical (unpaired) electrons. The molecule has 1 rings (SSSR count). The second-order valence-electron chi connectivity index (χ2n) is 4.08. The Morgan fingerprint density at radius 2 is 2.05 bits per heavy atom. The van der Waals surface area contributed by atoms with Crippen LogP contribution >= 0.6 is 0 Å². The molecule has 0 saturated heterocycles. The Bertz CT molecular complexity index is 528. The van der Waals surface area contributed by atoms with Crippen molar-refractivity contribution in [1.29, 1.82) is 0 Å². The molecular formula is C12H18N2O4S. The van der Waals surface area contributed by atoms with Crippen LogP contribution in [0.15, 0.2) is 24.3 Å². The van der Waals surface area contributed by atoms with Gasteiger partial charge in [0.25, 0.3) is 5.91 Å². The minimum Gasteiger partial charge on any atom is -0.483 e. The van der Waals surface area contributed by atoms with Gasteiger partial charge in [0.05, 0.1) is 5.75 Å². The van der Waals surface area contributed by atoms with Crippen molar-refractivity contribution in [2.75, 3.05) is 25.2 Å². The summed E-state index contributed by atoms with van der Waals surface area (Å²) in [5.41, 5.74) is 6.35. The first-order valence-electron chi connectivity index (χ1n) is 5.77. The van der Waals surface area contributed by atoms with E-state index in [2.05, 4.69) is 5.32 Å². The fourth-order valence-corrected chi connectivity index (χ4v) is 1.86. The number of benzene rings is 1. The fourth-order valence-electron chi connectivity index (χ4n) is 1.38. The maximum absolute atomic E-state index is 11.4. The molecular weight excluding hydrogens is 268 g/mol. The standard InChI is InChI=1S/C12H18N2O4S/c1-19(16,17)7-6-14-12(15)9-18-11-5-3-2-4-10(11)8-13/h2-5H,6-9,13H2,1H3,(H,14,15). The third kappa shape index (κ3) is 6.21. The number of amides is 1. The van der Waals surface area contributed by atoms with E-state index >= 15 is 0 Å². The average Bonchev–Trinajstić information content (AvgIpc) is 2.35. The van der Waals surface area contributed by atoms with Gasteiger partial charge < -0.3 is 15.8 Å². The highest BCUT2D eigenvalue weighted by molar-refractivity contribution is 7.90. The molecule has 1 amide bonds. The van der Waals surface area contributed by atoms with Gasteiger partial charge >= 0.3 is 0 Å². The van der Waals surface area contributed by atoms with Gasteiger partial charge in [-0.2, -0.15) is 0 Å². The highest BCUT2D eigenvalue weighted by Gasteiger charge is 2.07. The van der Waals surface area contributed by atoms with Crippen molar-refractivity contribution in [3.63, 3.8) is 0 Å². The molecule has 0 aromatic heterocycles. The molecule has 3 N–H and O–H groups in total. The molecule has 0 atom stereocenters. The molecule has 0 spiro atoms. The number of carbonyl (C=O) groups excluding carboxylic acids is 1. The lowest BCUT2D eigenvalue weighted by atomic mass is 10.2. The van der Waals surface area contributed by atoms with Crippen molar-refractivity contribution in [2.45, 2.75) is 6.54 Å². The largest absolute Gasteiger partial charge is 0.483 e. The molecule has 0 fully saturated rings. The van der Waals surface area contributed by atoms with Crippen LogP contribution in [0.5, 0.6) is 5.75 Å². The summed E-state index contributed by atoms with van der Waals surface area (Å²) in [6.07, 6.45) is 1.12. The van der Waals surface area contributed by atoms with Gasteiger partial charge in [0, 0.05) is 24.9 Å². The first-order valence-corrected chi connectivity index (χ1v) is 7.83. The molecule has 6 nitrogen and oxygen atoms in total. The minimum absolute atomic E-state index is 0.0829. The van der Waals surface area contributed by atoms with E-state index in [0.717, 1.165) is 11.8 Å². The maximum atomic E-state index is 11.4. The normalized spacial score (nSPS) is 11.1. The van der Waals surface area contributed by atoms with Gasteiger partial charge in [-0.05, 0) is 6.07 Å². The van der Waals surface area contributed by atoms with Crippen LogP contribution in [-0.4, -0.2) is 39.5 Å². The first kappa shape index (κ1) is 15.5. The van der Waals surface area contributed by atoms with E-state index in [-0.39, 0.29) is 24.8 Å². The summed E-state index contributed by atoms with van der Waals surface area (Å²) in [5, 5.41) is 2.47.